The third kappa shape index (κ3) is 2.59. The van der Waals surface area contributed by atoms with Crippen LogP contribution in [0.1, 0.15) is 5.56 Å². The summed E-state index contributed by atoms with van der Waals surface area (Å²) in [7, 11) is 0. The number of fused-ring (bicyclic) bond motifs is 1. The summed E-state index contributed by atoms with van der Waals surface area (Å²) in [5.74, 6) is -2.80. The van der Waals surface area contributed by atoms with Crippen molar-refractivity contribution in [3.8, 4) is 0 Å². The summed E-state index contributed by atoms with van der Waals surface area (Å²) in [5, 5.41) is 23.4. The van der Waals surface area contributed by atoms with Crippen molar-refractivity contribution in [2.75, 3.05) is 6.54 Å². The average Bonchev–Trinajstić information content (AvgIpc) is 2.53. The molecule has 0 radical (unpaired) electrons. The zero-order chi connectivity index (χ0) is 16.6. The summed E-state index contributed by atoms with van der Waals surface area (Å²) in [4.78, 5) is 36.7. The van der Waals surface area contributed by atoms with Gasteiger partial charge in [-0.2, -0.15) is 0 Å². The van der Waals surface area contributed by atoms with E-state index in [4.69, 9.17) is 10.2 Å². The molecule has 3 amide bonds. The fourth-order valence-corrected chi connectivity index (χ4v) is 2.79. The lowest BCUT2D eigenvalue weighted by Gasteiger charge is -2.49. The van der Waals surface area contributed by atoms with Gasteiger partial charge in [-0.1, -0.05) is 30.3 Å². The number of aliphatic hydroxyl groups is 2. The van der Waals surface area contributed by atoms with Crippen molar-refractivity contribution in [2.24, 2.45) is 0 Å². The Labute approximate surface area is 131 Å². The number of amides is 3. The molecule has 8 heteroatoms. The minimum absolute atomic E-state index is 0.137. The van der Waals surface area contributed by atoms with Crippen molar-refractivity contribution in [3.63, 3.8) is 0 Å². The molecule has 2 heterocycles. The van der Waals surface area contributed by atoms with Gasteiger partial charge >= 0.3 is 5.95 Å². The fourth-order valence-electron chi connectivity index (χ4n) is 2.79. The summed E-state index contributed by atoms with van der Waals surface area (Å²) in [6.07, 6.45) is 0.137. The second-order valence-corrected chi connectivity index (χ2v) is 5.37. The Balaban J connectivity index is 1.67. The third-order valence-electron chi connectivity index (χ3n) is 3.88. The molecule has 2 saturated heterocycles. The summed E-state index contributed by atoms with van der Waals surface area (Å²) in [6, 6.07) is 7.77. The molecule has 0 spiro atoms. The lowest BCUT2D eigenvalue weighted by atomic mass is 9.91. The zero-order valence-electron chi connectivity index (χ0n) is 12.0. The summed E-state index contributed by atoms with van der Waals surface area (Å²) in [5.41, 5.74) is 0.332. The lowest BCUT2D eigenvalue weighted by molar-refractivity contribution is -0.155. The van der Waals surface area contributed by atoms with Crippen LogP contribution in [0, 0.1) is 0 Å². The SMILES string of the molecule is O=C(Cc1ccccc1)NC1C(=O)N2C(=C(O)O)C(=O)NCC12. The maximum absolute atomic E-state index is 12.1. The molecule has 120 valence electrons. The second kappa shape index (κ2) is 5.64. The monoisotopic (exact) mass is 317 g/mol. The van der Waals surface area contributed by atoms with Gasteiger partial charge < -0.3 is 20.8 Å². The normalized spacial score (nSPS) is 22.8. The molecule has 2 atom stereocenters. The van der Waals surface area contributed by atoms with Crippen LogP contribution in [0.25, 0.3) is 0 Å². The Bertz CT molecular complexity index is 696. The molecule has 2 fully saturated rings. The molecule has 0 bridgehead atoms. The maximum Gasteiger partial charge on any atom is 0.305 e. The van der Waals surface area contributed by atoms with Crippen LogP contribution in [0.15, 0.2) is 42.0 Å². The van der Waals surface area contributed by atoms with Gasteiger partial charge in [0.2, 0.25) is 5.91 Å². The number of carbonyl (C=O) groups is 3. The highest BCUT2D eigenvalue weighted by Gasteiger charge is 2.54. The van der Waals surface area contributed by atoms with Crippen molar-refractivity contribution in [1.29, 1.82) is 0 Å². The van der Waals surface area contributed by atoms with Crippen molar-refractivity contribution >= 4 is 17.7 Å². The molecule has 2 unspecified atom stereocenters. The predicted octanol–water partition coefficient (Wildman–Crippen LogP) is -0.660. The van der Waals surface area contributed by atoms with Crippen molar-refractivity contribution in [3.05, 3.63) is 47.5 Å². The molecule has 1 aromatic carbocycles. The zero-order valence-corrected chi connectivity index (χ0v) is 12.0. The number of benzene rings is 1. The van der Waals surface area contributed by atoms with E-state index in [-0.39, 0.29) is 18.9 Å². The van der Waals surface area contributed by atoms with Crippen LogP contribution >= 0.6 is 0 Å². The number of carbonyl (C=O) groups excluding carboxylic acids is 3. The first kappa shape index (κ1) is 14.9. The first-order chi connectivity index (χ1) is 11.0. The minimum atomic E-state index is -1.21. The van der Waals surface area contributed by atoms with Gasteiger partial charge in [0, 0.05) is 6.54 Å². The molecule has 2 aliphatic heterocycles. The van der Waals surface area contributed by atoms with E-state index in [9.17, 15) is 14.4 Å². The Hall–Kier alpha value is -3.03. The number of hydrogen-bond donors (Lipinski definition) is 4. The molecular formula is C15H15N3O5. The van der Waals surface area contributed by atoms with E-state index in [1.54, 1.807) is 12.1 Å². The van der Waals surface area contributed by atoms with Gasteiger partial charge in [-0.15, -0.1) is 0 Å². The molecule has 0 saturated carbocycles. The Kier molecular flexibility index (Phi) is 3.65. The molecule has 2 aliphatic rings. The van der Waals surface area contributed by atoms with Gasteiger partial charge in [-0.25, -0.2) is 0 Å². The molecule has 0 aromatic heterocycles. The quantitative estimate of drug-likeness (QED) is 0.335. The molecule has 1 aromatic rings. The maximum atomic E-state index is 12.1. The largest absolute Gasteiger partial charge is 0.479 e. The summed E-state index contributed by atoms with van der Waals surface area (Å²) in [6.45, 7) is 0.137. The van der Waals surface area contributed by atoms with E-state index < -0.39 is 35.5 Å². The van der Waals surface area contributed by atoms with E-state index in [0.717, 1.165) is 10.5 Å². The Morgan fingerprint density at radius 3 is 2.61 bits per heavy atom. The second-order valence-electron chi connectivity index (χ2n) is 5.37. The van der Waals surface area contributed by atoms with Crippen LogP contribution in [0.4, 0.5) is 0 Å². The van der Waals surface area contributed by atoms with Crippen LogP contribution in [-0.2, 0) is 20.8 Å². The topological polar surface area (TPSA) is 119 Å². The smallest absolute Gasteiger partial charge is 0.305 e. The van der Waals surface area contributed by atoms with Crippen molar-refractivity contribution < 1.29 is 24.6 Å². The number of hydrogen-bond acceptors (Lipinski definition) is 5. The Morgan fingerprint density at radius 1 is 1.26 bits per heavy atom. The number of piperazine rings is 1. The highest BCUT2D eigenvalue weighted by Crippen LogP contribution is 2.29. The van der Waals surface area contributed by atoms with Crippen LogP contribution in [0.5, 0.6) is 0 Å². The first-order valence-electron chi connectivity index (χ1n) is 7.06. The van der Waals surface area contributed by atoms with E-state index >= 15 is 0 Å². The van der Waals surface area contributed by atoms with Crippen molar-refractivity contribution in [1.82, 2.24) is 15.5 Å². The highest BCUT2D eigenvalue weighted by atomic mass is 16.5. The Morgan fingerprint density at radius 2 is 1.96 bits per heavy atom. The fraction of sp³-hybridized carbons (Fsp3) is 0.267. The molecular weight excluding hydrogens is 302 g/mol. The average molecular weight is 317 g/mol. The van der Waals surface area contributed by atoms with Crippen LogP contribution < -0.4 is 10.6 Å². The molecule has 3 rings (SSSR count). The summed E-state index contributed by atoms with van der Waals surface area (Å²) < 4.78 is 0. The lowest BCUT2D eigenvalue weighted by Crippen LogP contribution is -2.76. The first-order valence-corrected chi connectivity index (χ1v) is 7.06. The van der Waals surface area contributed by atoms with Gasteiger partial charge in [-0.3, -0.25) is 19.3 Å². The molecule has 0 aliphatic carbocycles. The van der Waals surface area contributed by atoms with E-state index in [2.05, 4.69) is 10.6 Å². The number of aliphatic hydroxyl groups excluding tert-OH is 1. The number of β-lactam (4-membered cyclic amide) rings is 1. The third-order valence-corrected chi connectivity index (χ3v) is 3.88. The molecule has 4 N–H and O–H groups in total. The van der Waals surface area contributed by atoms with Gasteiger partial charge in [0.15, 0.2) is 5.70 Å². The van der Waals surface area contributed by atoms with E-state index in [1.165, 1.54) is 0 Å². The number of rotatable bonds is 3. The van der Waals surface area contributed by atoms with Crippen molar-refractivity contribution in [2.45, 2.75) is 18.5 Å². The van der Waals surface area contributed by atoms with Gasteiger partial charge in [0.05, 0.1) is 12.5 Å². The van der Waals surface area contributed by atoms with Gasteiger partial charge in [-0.05, 0) is 5.56 Å². The predicted molar refractivity (Wildman–Crippen MR) is 78.0 cm³/mol. The molecule has 23 heavy (non-hydrogen) atoms. The van der Waals surface area contributed by atoms with Crippen LogP contribution in [0.3, 0.4) is 0 Å². The van der Waals surface area contributed by atoms with Crippen LogP contribution in [-0.4, -0.2) is 51.5 Å². The highest BCUT2D eigenvalue weighted by molar-refractivity contribution is 6.05. The number of nitrogens with one attached hydrogen (secondary N) is 2. The van der Waals surface area contributed by atoms with Gasteiger partial charge in [0.25, 0.3) is 11.8 Å². The molecule has 8 nitrogen and oxygen atoms in total. The van der Waals surface area contributed by atoms with E-state index in [0.29, 0.717) is 0 Å². The number of nitrogens with zero attached hydrogens (tertiary/aromatic N) is 1. The van der Waals surface area contributed by atoms with Gasteiger partial charge in [0.1, 0.15) is 6.04 Å². The van der Waals surface area contributed by atoms with E-state index in [1.807, 2.05) is 18.2 Å². The standard InChI is InChI=1S/C15H15N3O5/c19-10(6-8-4-2-1-3-5-8)17-11-9-7-16-13(20)12(15(22)23)18(9)14(11)21/h1-5,9,11,22-23H,6-7H2,(H,16,20)(H,17,19). The summed E-state index contributed by atoms with van der Waals surface area (Å²) >= 11 is 0. The minimum Gasteiger partial charge on any atom is -0.479 e. The van der Waals surface area contributed by atoms with Crippen LogP contribution in [0.2, 0.25) is 0 Å².